The maximum absolute atomic E-state index is 10.5. The molecule has 0 radical (unpaired) electrons. The summed E-state index contributed by atoms with van der Waals surface area (Å²) in [6, 6.07) is 16.3. The molecule has 0 aromatic heterocycles. The Balaban J connectivity index is 1.45. The van der Waals surface area contributed by atoms with Crippen molar-refractivity contribution >= 4 is 0 Å². The lowest BCUT2D eigenvalue weighted by Crippen LogP contribution is -2.34. The van der Waals surface area contributed by atoms with Crippen molar-refractivity contribution in [3.05, 3.63) is 59.7 Å². The number of likely N-dealkylation sites (tertiary alicyclic amines) is 1. The van der Waals surface area contributed by atoms with Gasteiger partial charge in [0.2, 0.25) is 0 Å². The van der Waals surface area contributed by atoms with Crippen LogP contribution in [0.4, 0.5) is 0 Å². The van der Waals surface area contributed by atoms with Crippen molar-refractivity contribution in [1.82, 2.24) is 15.1 Å². The first-order valence-corrected chi connectivity index (χ1v) is 11.6. The normalized spacial score (nSPS) is 16.3. The first-order valence-electron chi connectivity index (χ1n) is 11.6. The Morgan fingerprint density at radius 3 is 2.56 bits per heavy atom. The predicted octanol–water partition coefficient (Wildman–Crippen LogP) is 3.00. The number of rotatable bonds is 12. The summed E-state index contributed by atoms with van der Waals surface area (Å²) in [5.41, 5.74) is 2.38. The third-order valence-electron chi connectivity index (χ3n) is 6.08. The summed E-state index contributed by atoms with van der Waals surface area (Å²) in [5.74, 6) is 2.12. The maximum Gasteiger partial charge on any atom is 0.161 e. The maximum atomic E-state index is 10.5. The largest absolute Gasteiger partial charge is 0.493 e. The van der Waals surface area contributed by atoms with E-state index >= 15 is 0 Å². The molecule has 0 spiro atoms. The van der Waals surface area contributed by atoms with Gasteiger partial charge in [0.15, 0.2) is 11.5 Å². The number of likely N-dealkylation sites (N-methyl/N-ethyl adjacent to an activating group) is 1. The third-order valence-corrected chi connectivity index (χ3v) is 6.08. The van der Waals surface area contributed by atoms with Crippen LogP contribution in [0.1, 0.15) is 24.0 Å². The second kappa shape index (κ2) is 12.8. The van der Waals surface area contributed by atoms with E-state index in [1.54, 1.807) is 7.11 Å². The standard InChI is InChI=1S/C26H39N3O3/c1-28-13-11-21(12-14-28)16-27-17-23-9-10-25(31-3)26(15-23)32-20-24(30)19-29(2)18-22-7-5-4-6-8-22/h4-10,15,21,24,27,30H,11-14,16-20H2,1-3H3. The second-order valence-electron chi connectivity index (χ2n) is 9.01. The first-order chi connectivity index (χ1) is 15.5. The lowest BCUT2D eigenvalue weighted by atomic mass is 9.97. The lowest BCUT2D eigenvalue weighted by Gasteiger charge is -2.29. The van der Waals surface area contributed by atoms with Crippen LogP contribution in [-0.2, 0) is 13.1 Å². The van der Waals surface area contributed by atoms with E-state index in [1.165, 1.54) is 31.5 Å². The van der Waals surface area contributed by atoms with Crippen LogP contribution in [0.5, 0.6) is 11.5 Å². The molecule has 2 N–H and O–H groups in total. The highest BCUT2D eigenvalue weighted by Crippen LogP contribution is 2.28. The molecule has 6 heteroatoms. The van der Waals surface area contributed by atoms with Gasteiger partial charge in [-0.15, -0.1) is 0 Å². The molecule has 0 amide bonds. The van der Waals surface area contributed by atoms with Crippen molar-refractivity contribution in [2.75, 3.05) is 54.0 Å². The van der Waals surface area contributed by atoms with Gasteiger partial charge >= 0.3 is 0 Å². The Morgan fingerprint density at radius 2 is 1.84 bits per heavy atom. The molecule has 3 rings (SSSR count). The predicted molar refractivity (Wildman–Crippen MR) is 129 cm³/mol. The van der Waals surface area contributed by atoms with Gasteiger partial charge in [0, 0.05) is 19.6 Å². The molecule has 1 unspecified atom stereocenters. The Morgan fingerprint density at radius 1 is 1.09 bits per heavy atom. The SMILES string of the molecule is COc1ccc(CNCC2CCN(C)CC2)cc1OCC(O)CN(C)Cc1ccccc1. The van der Waals surface area contributed by atoms with E-state index in [1.807, 2.05) is 37.4 Å². The van der Waals surface area contributed by atoms with Crippen molar-refractivity contribution in [3.63, 3.8) is 0 Å². The van der Waals surface area contributed by atoms with E-state index in [0.29, 0.717) is 18.0 Å². The highest BCUT2D eigenvalue weighted by Gasteiger charge is 2.16. The molecule has 1 saturated heterocycles. The van der Waals surface area contributed by atoms with E-state index in [-0.39, 0.29) is 6.61 Å². The van der Waals surface area contributed by atoms with Crippen LogP contribution < -0.4 is 14.8 Å². The number of benzene rings is 2. The average Bonchev–Trinajstić information content (AvgIpc) is 2.79. The molecule has 1 aliphatic rings. The molecule has 6 nitrogen and oxygen atoms in total. The summed E-state index contributed by atoms with van der Waals surface area (Å²) in [7, 11) is 5.85. The number of methoxy groups -OCH3 is 1. The molecular weight excluding hydrogens is 402 g/mol. The van der Waals surface area contributed by atoms with Crippen LogP contribution >= 0.6 is 0 Å². The van der Waals surface area contributed by atoms with Gasteiger partial charge in [-0.3, -0.25) is 4.90 Å². The third kappa shape index (κ3) is 8.10. The fraction of sp³-hybridized carbons (Fsp3) is 0.538. The fourth-order valence-electron chi connectivity index (χ4n) is 4.19. The summed E-state index contributed by atoms with van der Waals surface area (Å²) in [6.07, 6.45) is 1.94. The van der Waals surface area contributed by atoms with E-state index in [9.17, 15) is 5.11 Å². The average molecular weight is 442 g/mol. The van der Waals surface area contributed by atoms with Gasteiger partial charge in [0.25, 0.3) is 0 Å². The molecule has 0 aliphatic carbocycles. The Hall–Kier alpha value is -2.12. The molecule has 2 aromatic carbocycles. The van der Waals surface area contributed by atoms with Crippen LogP contribution in [0.2, 0.25) is 0 Å². The molecule has 32 heavy (non-hydrogen) atoms. The summed E-state index contributed by atoms with van der Waals surface area (Å²) in [6.45, 7) is 5.78. The quantitative estimate of drug-likeness (QED) is 0.528. The highest BCUT2D eigenvalue weighted by molar-refractivity contribution is 5.43. The van der Waals surface area contributed by atoms with Gasteiger partial charge in [-0.2, -0.15) is 0 Å². The molecule has 1 atom stereocenters. The minimum atomic E-state index is -0.584. The summed E-state index contributed by atoms with van der Waals surface area (Å²) in [5, 5.41) is 14.1. The van der Waals surface area contributed by atoms with Crippen molar-refractivity contribution in [2.24, 2.45) is 5.92 Å². The van der Waals surface area contributed by atoms with Crippen LogP contribution in [0, 0.1) is 5.92 Å². The Labute approximate surface area is 193 Å². The molecule has 176 valence electrons. The number of hydrogen-bond donors (Lipinski definition) is 2. The van der Waals surface area contributed by atoms with Gasteiger partial charge in [-0.1, -0.05) is 36.4 Å². The van der Waals surface area contributed by atoms with Crippen LogP contribution in [0.3, 0.4) is 0 Å². The molecule has 1 aliphatic heterocycles. The number of nitrogens with zero attached hydrogens (tertiary/aromatic N) is 2. The Kier molecular flexibility index (Phi) is 9.81. The van der Waals surface area contributed by atoms with Gasteiger partial charge in [-0.05, 0) is 75.7 Å². The molecule has 0 bridgehead atoms. The molecular formula is C26H39N3O3. The fourth-order valence-corrected chi connectivity index (χ4v) is 4.19. The Bertz CT molecular complexity index is 794. The summed E-state index contributed by atoms with van der Waals surface area (Å²) >= 11 is 0. The summed E-state index contributed by atoms with van der Waals surface area (Å²) in [4.78, 5) is 4.50. The topological polar surface area (TPSA) is 57.2 Å². The number of nitrogens with one attached hydrogen (secondary N) is 1. The van der Waals surface area contributed by atoms with Crippen LogP contribution in [-0.4, -0.2) is 75.0 Å². The molecule has 1 fully saturated rings. The minimum absolute atomic E-state index is 0.224. The highest BCUT2D eigenvalue weighted by atomic mass is 16.5. The minimum Gasteiger partial charge on any atom is -0.493 e. The molecule has 0 saturated carbocycles. The first kappa shape index (κ1) is 24.5. The van der Waals surface area contributed by atoms with Crippen LogP contribution in [0.15, 0.2) is 48.5 Å². The summed E-state index contributed by atoms with van der Waals surface area (Å²) < 4.78 is 11.4. The van der Waals surface area contributed by atoms with Crippen molar-refractivity contribution in [2.45, 2.75) is 32.0 Å². The van der Waals surface area contributed by atoms with Gasteiger partial charge in [-0.25, -0.2) is 0 Å². The van der Waals surface area contributed by atoms with E-state index in [0.717, 1.165) is 31.1 Å². The number of aliphatic hydroxyl groups excluding tert-OH is 1. The smallest absolute Gasteiger partial charge is 0.161 e. The monoisotopic (exact) mass is 441 g/mol. The van der Waals surface area contributed by atoms with E-state index in [2.05, 4.69) is 40.4 Å². The van der Waals surface area contributed by atoms with E-state index in [4.69, 9.17) is 9.47 Å². The zero-order chi connectivity index (χ0) is 22.8. The van der Waals surface area contributed by atoms with Gasteiger partial charge in [0.05, 0.1) is 7.11 Å². The lowest BCUT2D eigenvalue weighted by molar-refractivity contribution is 0.0732. The van der Waals surface area contributed by atoms with Crippen molar-refractivity contribution in [3.8, 4) is 11.5 Å². The number of piperidine rings is 1. The number of ether oxygens (including phenoxy) is 2. The zero-order valence-electron chi connectivity index (χ0n) is 19.8. The number of hydrogen-bond acceptors (Lipinski definition) is 6. The van der Waals surface area contributed by atoms with Gasteiger partial charge in [0.1, 0.15) is 12.7 Å². The van der Waals surface area contributed by atoms with Crippen molar-refractivity contribution < 1.29 is 14.6 Å². The zero-order valence-corrected chi connectivity index (χ0v) is 19.8. The van der Waals surface area contributed by atoms with Crippen LogP contribution in [0.25, 0.3) is 0 Å². The van der Waals surface area contributed by atoms with Crippen molar-refractivity contribution in [1.29, 1.82) is 0 Å². The van der Waals surface area contributed by atoms with E-state index < -0.39 is 6.10 Å². The number of aliphatic hydroxyl groups is 1. The molecule has 2 aromatic rings. The molecule has 1 heterocycles. The van der Waals surface area contributed by atoms with Gasteiger partial charge < -0.3 is 24.8 Å². The second-order valence-corrected chi connectivity index (χ2v) is 9.01.